The average Bonchev–Trinajstić information content (AvgIpc) is 3.34. The number of ether oxygens (including phenoxy) is 3. The molecule has 1 amide bonds. The first kappa shape index (κ1) is 34.7. The lowest BCUT2D eigenvalue weighted by Gasteiger charge is -2.39. The van der Waals surface area contributed by atoms with Gasteiger partial charge in [-0.2, -0.15) is 0 Å². The van der Waals surface area contributed by atoms with Crippen molar-refractivity contribution in [1.82, 2.24) is 20.4 Å². The van der Waals surface area contributed by atoms with Crippen LogP contribution in [0.15, 0.2) is 28.8 Å². The molecule has 0 spiro atoms. The topological polar surface area (TPSA) is 130 Å². The fraction of sp³-hybridized carbons (Fsp3) is 0.562. The van der Waals surface area contributed by atoms with Gasteiger partial charge >= 0.3 is 6.09 Å². The molecule has 11 nitrogen and oxygen atoms in total. The van der Waals surface area contributed by atoms with Gasteiger partial charge in [0.15, 0.2) is 14.1 Å². The number of halogens is 1. The van der Waals surface area contributed by atoms with Gasteiger partial charge in [0.05, 0.1) is 11.3 Å². The Morgan fingerprint density at radius 2 is 1.89 bits per heavy atom. The van der Waals surface area contributed by atoms with Gasteiger partial charge in [-0.1, -0.05) is 49.7 Å². The molecule has 1 unspecified atom stereocenters. The number of carbonyl (C=O) groups is 1. The van der Waals surface area contributed by atoms with E-state index in [0.29, 0.717) is 45.5 Å². The summed E-state index contributed by atoms with van der Waals surface area (Å²) in [4.78, 5) is 21.6. The Bertz CT molecular complexity index is 1430. The van der Waals surface area contributed by atoms with Gasteiger partial charge in [0, 0.05) is 32.4 Å². The molecule has 1 fully saturated rings. The van der Waals surface area contributed by atoms with Gasteiger partial charge < -0.3 is 33.8 Å². The van der Waals surface area contributed by atoms with Gasteiger partial charge in [-0.25, -0.2) is 14.8 Å². The standard InChI is InChI=1S/C32H46ClN5O6Si/c1-20-26(21(2)43-38-20)28-27(33)30(35-17-22-12-14-40-15-13-22)37-29(36-28)23-10-9-11-24(16-23)41-18-25(19-42-31(39)34-6)44-45(7,8)32(3,4)5/h9-11,16,22,25H,12-15,17-19H2,1-8H3,(H,34,39)(H,35,36,37). The van der Waals surface area contributed by atoms with E-state index in [1.54, 1.807) is 0 Å². The molecule has 0 radical (unpaired) electrons. The van der Waals surface area contributed by atoms with Crippen LogP contribution in [0.3, 0.4) is 0 Å². The minimum Gasteiger partial charge on any atom is -0.491 e. The zero-order valence-corrected chi connectivity index (χ0v) is 29.3. The summed E-state index contributed by atoms with van der Waals surface area (Å²) in [5.74, 6) is 2.71. The van der Waals surface area contributed by atoms with E-state index in [1.807, 2.05) is 38.1 Å². The van der Waals surface area contributed by atoms with Crippen LogP contribution < -0.4 is 15.4 Å². The number of anilines is 1. The van der Waals surface area contributed by atoms with Gasteiger partial charge in [0.2, 0.25) is 0 Å². The quantitative estimate of drug-likeness (QED) is 0.195. The van der Waals surface area contributed by atoms with Crippen molar-refractivity contribution < 1.29 is 28.0 Å². The molecule has 1 atom stereocenters. The highest BCUT2D eigenvalue weighted by atomic mass is 35.5. The molecule has 0 aliphatic carbocycles. The summed E-state index contributed by atoms with van der Waals surface area (Å²) in [6.07, 6.45) is 0.988. The fourth-order valence-electron chi connectivity index (χ4n) is 4.74. The van der Waals surface area contributed by atoms with Crippen LogP contribution in [0.5, 0.6) is 5.75 Å². The Balaban J connectivity index is 1.61. The van der Waals surface area contributed by atoms with Gasteiger partial charge in [-0.05, 0) is 62.9 Å². The number of rotatable bonds is 12. The van der Waals surface area contributed by atoms with E-state index < -0.39 is 20.5 Å². The molecule has 0 saturated carbocycles. The number of hydrogen-bond acceptors (Lipinski definition) is 10. The lowest BCUT2D eigenvalue weighted by molar-refractivity contribution is 0.0463. The summed E-state index contributed by atoms with van der Waals surface area (Å²) in [5, 5.41) is 10.5. The lowest BCUT2D eigenvalue weighted by atomic mass is 10.0. The first-order valence-corrected chi connectivity index (χ1v) is 18.7. The molecule has 13 heteroatoms. The molecule has 4 rings (SSSR count). The summed E-state index contributed by atoms with van der Waals surface area (Å²) in [5.41, 5.74) is 2.73. The van der Waals surface area contributed by atoms with Crippen LogP contribution in [0.1, 0.15) is 45.1 Å². The maximum atomic E-state index is 11.8. The van der Waals surface area contributed by atoms with E-state index in [2.05, 4.69) is 49.7 Å². The Morgan fingerprint density at radius 1 is 1.16 bits per heavy atom. The molecular weight excluding hydrogens is 614 g/mol. The Labute approximate surface area is 271 Å². The van der Waals surface area contributed by atoms with Crippen molar-refractivity contribution in [1.29, 1.82) is 0 Å². The molecule has 246 valence electrons. The van der Waals surface area contributed by atoms with Crippen molar-refractivity contribution in [2.24, 2.45) is 5.92 Å². The molecule has 1 saturated heterocycles. The smallest absolute Gasteiger partial charge is 0.406 e. The zero-order chi connectivity index (χ0) is 32.8. The molecule has 3 aromatic rings. The number of alkyl carbamates (subject to hydrolysis) is 1. The second kappa shape index (κ2) is 14.9. The number of benzene rings is 1. The number of nitrogens with zero attached hydrogens (tertiary/aromatic N) is 3. The number of nitrogens with one attached hydrogen (secondary N) is 2. The largest absolute Gasteiger partial charge is 0.491 e. The number of hydrogen-bond donors (Lipinski definition) is 2. The summed E-state index contributed by atoms with van der Waals surface area (Å²) < 4.78 is 29.1. The molecule has 1 aromatic carbocycles. The molecule has 3 heterocycles. The first-order valence-electron chi connectivity index (χ1n) is 15.4. The highest BCUT2D eigenvalue weighted by Gasteiger charge is 2.39. The summed E-state index contributed by atoms with van der Waals surface area (Å²) >= 11 is 6.93. The van der Waals surface area contributed by atoms with E-state index in [4.69, 9.17) is 44.7 Å². The maximum absolute atomic E-state index is 11.8. The SMILES string of the molecule is CNC(=O)OCC(COc1cccc(-c2nc(NCC3CCOCC3)c(Cl)c(-c3c(C)noc3C)n2)c1)O[Si](C)(C)C(C)(C)C. The highest BCUT2D eigenvalue weighted by Crippen LogP contribution is 2.39. The second-order valence-corrected chi connectivity index (χ2v) is 18.0. The lowest BCUT2D eigenvalue weighted by Crippen LogP contribution is -2.47. The molecule has 45 heavy (non-hydrogen) atoms. The Hall–Kier alpha value is -3.19. The van der Waals surface area contributed by atoms with Crippen LogP contribution in [-0.4, -0.2) is 75.7 Å². The van der Waals surface area contributed by atoms with E-state index in [9.17, 15) is 4.79 Å². The van der Waals surface area contributed by atoms with Gasteiger partial charge in [0.1, 0.15) is 47.4 Å². The van der Waals surface area contributed by atoms with Crippen molar-refractivity contribution in [3.63, 3.8) is 0 Å². The predicted octanol–water partition coefficient (Wildman–Crippen LogP) is 7.03. The zero-order valence-electron chi connectivity index (χ0n) is 27.6. The van der Waals surface area contributed by atoms with Gasteiger partial charge in [-0.3, -0.25) is 0 Å². The van der Waals surface area contributed by atoms with Gasteiger partial charge in [-0.15, -0.1) is 0 Å². The van der Waals surface area contributed by atoms with Crippen molar-refractivity contribution >= 4 is 31.8 Å². The second-order valence-electron chi connectivity index (χ2n) is 12.9. The monoisotopic (exact) mass is 659 g/mol. The molecule has 0 bridgehead atoms. The molecule has 1 aliphatic rings. The summed E-state index contributed by atoms with van der Waals surface area (Å²) in [7, 11) is -0.654. The average molecular weight is 660 g/mol. The molecule has 1 aliphatic heterocycles. The molecule has 2 N–H and O–H groups in total. The third-order valence-corrected chi connectivity index (χ3v) is 13.3. The molecular formula is C32H46ClN5O6Si. The fourth-order valence-corrected chi connectivity index (χ4v) is 6.30. The first-order chi connectivity index (χ1) is 21.3. The number of amides is 1. The Kier molecular flexibility index (Phi) is 11.5. The summed E-state index contributed by atoms with van der Waals surface area (Å²) in [6.45, 7) is 17.0. The van der Waals surface area contributed by atoms with E-state index in [-0.39, 0.29) is 18.3 Å². The van der Waals surface area contributed by atoms with Crippen LogP contribution in [-0.2, 0) is 13.9 Å². The van der Waals surface area contributed by atoms with Crippen molar-refractivity contribution in [2.45, 2.75) is 71.7 Å². The minimum atomic E-state index is -2.18. The van der Waals surface area contributed by atoms with Crippen molar-refractivity contribution in [2.75, 3.05) is 45.3 Å². The van der Waals surface area contributed by atoms with Crippen LogP contribution in [0.4, 0.5) is 10.6 Å². The van der Waals surface area contributed by atoms with Crippen LogP contribution in [0.2, 0.25) is 23.2 Å². The van der Waals surface area contributed by atoms with E-state index >= 15 is 0 Å². The molecule has 2 aromatic heterocycles. The third-order valence-electron chi connectivity index (χ3n) is 8.42. The number of carbonyl (C=O) groups excluding carboxylic acids is 1. The highest BCUT2D eigenvalue weighted by molar-refractivity contribution is 6.74. The van der Waals surface area contributed by atoms with Crippen LogP contribution in [0, 0.1) is 19.8 Å². The number of aromatic nitrogens is 3. The summed E-state index contributed by atoms with van der Waals surface area (Å²) in [6, 6.07) is 7.55. The van der Waals surface area contributed by atoms with Gasteiger partial charge in [0.25, 0.3) is 0 Å². The van der Waals surface area contributed by atoms with Crippen molar-refractivity contribution in [3.8, 4) is 28.4 Å². The normalized spacial score (nSPS) is 15.0. The third kappa shape index (κ3) is 8.96. The maximum Gasteiger partial charge on any atom is 0.406 e. The van der Waals surface area contributed by atoms with Crippen LogP contribution >= 0.6 is 11.6 Å². The van der Waals surface area contributed by atoms with Crippen molar-refractivity contribution in [3.05, 3.63) is 40.7 Å². The van der Waals surface area contributed by atoms with E-state index in [1.165, 1.54) is 7.05 Å². The predicted molar refractivity (Wildman–Crippen MR) is 177 cm³/mol. The minimum absolute atomic E-state index is 0.0282. The number of aryl methyl sites for hydroxylation is 2. The van der Waals surface area contributed by atoms with E-state index in [0.717, 1.165) is 43.7 Å². The Morgan fingerprint density at radius 3 is 2.53 bits per heavy atom. The van der Waals surface area contributed by atoms with Crippen LogP contribution in [0.25, 0.3) is 22.6 Å².